The van der Waals surface area contributed by atoms with Gasteiger partial charge in [0.05, 0.1) is 19.0 Å². The third-order valence-corrected chi connectivity index (χ3v) is 4.07. The average Bonchev–Trinajstić information content (AvgIpc) is 2.84. The van der Waals surface area contributed by atoms with Crippen LogP contribution >= 0.6 is 0 Å². The second-order valence-electron chi connectivity index (χ2n) is 5.64. The molecule has 2 heterocycles. The van der Waals surface area contributed by atoms with Gasteiger partial charge in [0.1, 0.15) is 0 Å². The van der Waals surface area contributed by atoms with Gasteiger partial charge in [-0.25, -0.2) is 0 Å². The molecule has 0 N–H and O–H groups in total. The third kappa shape index (κ3) is 3.78. The maximum Gasteiger partial charge on any atom is 0.223 e. The quantitative estimate of drug-likeness (QED) is 0.814. The Morgan fingerprint density at radius 1 is 1.60 bits per heavy atom. The van der Waals surface area contributed by atoms with Gasteiger partial charge in [-0.2, -0.15) is 10.2 Å². The second-order valence-corrected chi connectivity index (χ2v) is 5.64. The molecule has 0 unspecified atom stereocenters. The van der Waals surface area contributed by atoms with Crippen molar-refractivity contribution >= 4 is 0 Å². The molecule has 0 aliphatic carbocycles. The first-order valence-corrected chi connectivity index (χ1v) is 7.20. The molecule has 0 radical (unpaired) electrons. The van der Waals surface area contributed by atoms with Gasteiger partial charge < -0.3 is 4.52 Å². The summed E-state index contributed by atoms with van der Waals surface area (Å²) in [5, 5.41) is 12.8. The van der Waals surface area contributed by atoms with Crippen molar-refractivity contribution in [1.29, 1.82) is 5.26 Å². The largest absolute Gasteiger partial charge is 0.340 e. The fraction of sp³-hybridized carbons (Fsp3) is 0.786. The molecule has 0 bridgehead atoms. The molecular weight excluding hydrogens is 254 g/mol. The summed E-state index contributed by atoms with van der Waals surface area (Å²) < 4.78 is 5.02. The van der Waals surface area contributed by atoms with Gasteiger partial charge >= 0.3 is 0 Å². The van der Waals surface area contributed by atoms with E-state index in [2.05, 4.69) is 40.0 Å². The van der Waals surface area contributed by atoms with Crippen LogP contribution in [0.15, 0.2) is 4.52 Å². The summed E-state index contributed by atoms with van der Waals surface area (Å²) in [6.07, 6.45) is 2.94. The number of nitrogens with zero attached hydrogens (tertiary/aromatic N) is 5. The standard InChI is InChI=1S/C14H23N5O/c1-11(6-7-15)18(3)13-5-4-8-19(9-13)10-14-16-12(2)20-17-14/h11,13H,4-6,8-10H2,1-3H3/t11-,13-/m1/s1. The lowest BCUT2D eigenvalue weighted by atomic mass is 10.0. The molecule has 2 atom stereocenters. The van der Waals surface area contributed by atoms with Crippen LogP contribution in [0.5, 0.6) is 0 Å². The smallest absolute Gasteiger partial charge is 0.223 e. The van der Waals surface area contributed by atoms with E-state index in [4.69, 9.17) is 9.78 Å². The number of likely N-dealkylation sites (N-methyl/N-ethyl adjacent to an activating group) is 1. The van der Waals surface area contributed by atoms with Crippen LogP contribution < -0.4 is 0 Å². The number of aryl methyl sites for hydroxylation is 1. The van der Waals surface area contributed by atoms with Crippen molar-refractivity contribution in [3.05, 3.63) is 11.7 Å². The summed E-state index contributed by atoms with van der Waals surface area (Å²) in [5.41, 5.74) is 0. The van der Waals surface area contributed by atoms with Crippen LogP contribution in [-0.2, 0) is 6.54 Å². The van der Waals surface area contributed by atoms with E-state index in [1.807, 2.05) is 6.92 Å². The van der Waals surface area contributed by atoms with Crippen molar-refractivity contribution in [2.24, 2.45) is 0 Å². The van der Waals surface area contributed by atoms with E-state index in [-0.39, 0.29) is 0 Å². The van der Waals surface area contributed by atoms with Crippen LogP contribution in [0.4, 0.5) is 0 Å². The van der Waals surface area contributed by atoms with Gasteiger partial charge in [0, 0.05) is 25.6 Å². The number of rotatable bonds is 5. The predicted molar refractivity (Wildman–Crippen MR) is 74.8 cm³/mol. The van der Waals surface area contributed by atoms with E-state index in [1.54, 1.807) is 0 Å². The monoisotopic (exact) mass is 277 g/mol. The highest BCUT2D eigenvalue weighted by Crippen LogP contribution is 2.19. The van der Waals surface area contributed by atoms with E-state index in [9.17, 15) is 0 Å². The van der Waals surface area contributed by atoms with Crippen LogP contribution in [-0.4, -0.2) is 52.2 Å². The summed E-state index contributed by atoms with van der Waals surface area (Å²) in [6.45, 7) is 6.75. The van der Waals surface area contributed by atoms with Crippen molar-refractivity contribution < 1.29 is 4.52 Å². The van der Waals surface area contributed by atoms with Crippen molar-refractivity contribution in [1.82, 2.24) is 19.9 Å². The SMILES string of the molecule is Cc1nc(CN2CCC[C@@H](N(C)[C@H](C)CC#N)C2)no1. The highest BCUT2D eigenvalue weighted by molar-refractivity contribution is 4.89. The molecule has 1 aliphatic rings. The van der Waals surface area contributed by atoms with Crippen LogP contribution in [0.2, 0.25) is 0 Å². The van der Waals surface area contributed by atoms with Crippen molar-refractivity contribution in [2.45, 2.75) is 51.7 Å². The van der Waals surface area contributed by atoms with Gasteiger partial charge in [0.15, 0.2) is 5.82 Å². The zero-order chi connectivity index (χ0) is 14.5. The highest BCUT2D eigenvalue weighted by Gasteiger charge is 2.26. The number of hydrogen-bond acceptors (Lipinski definition) is 6. The first-order valence-electron chi connectivity index (χ1n) is 7.20. The fourth-order valence-corrected chi connectivity index (χ4v) is 2.75. The molecule has 2 rings (SSSR count). The summed E-state index contributed by atoms with van der Waals surface area (Å²) in [5.74, 6) is 1.38. The Bertz CT molecular complexity index is 466. The van der Waals surface area contributed by atoms with Crippen molar-refractivity contribution in [3.8, 4) is 6.07 Å². The number of piperidine rings is 1. The number of hydrogen-bond donors (Lipinski definition) is 0. The molecule has 6 heteroatoms. The summed E-state index contributed by atoms with van der Waals surface area (Å²) in [4.78, 5) is 8.96. The topological polar surface area (TPSA) is 69.2 Å². The molecular formula is C14H23N5O. The van der Waals surface area contributed by atoms with Crippen molar-refractivity contribution in [3.63, 3.8) is 0 Å². The minimum Gasteiger partial charge on any atom is -0.340 e. The molecule has 0 saturated carbocycles. The third-order valence-electron chi connectivity index (χ3n) is 4.07. The first-order chi connectivity index (χ1) is 9.60. The van der Waals surface area contributed by atoms with E-state index in [0.29, 0.717) is 24.4 Å². The van der Waals surface area contributed by atoms with Gasteiger partial charge in [0.2, 0.25) is 5.89 Å². The van der Waals surface area contributed by atoms with Gasteiger partial charge in [-0.05, 0) is 33.4 Å². The molecule has 1 fully saturated rings. The normalized spacial score (nSPS) is 21.9. The highest BCUT2D eigenvalue weighted by atomic mass is 16.5. The molecule has 110 valence electrons. The van der Waals surface area contributed by atoms with Gasteiger partial charge in [-0.15, -0.1) is 0 Å². The molecule has 0 amide bonds. The fourth-order valence-electron chi connectivity index (χ4n) is 2.75. The van der Waals surface area contributed by atoms with Crippen LogP contribution in [0, 0.1) is 18.3 Å². The first kappa shape index (κ1) is 14.9. The number of nitriles is 1. The van der Waals surface area contributed by atoms with Gasteiger partial charge in [0.25, 0.3) is 0 Å². The Hall–Kier alpha value is -1.45. The molecule has 6 nitrogen and oxygen atoms in total. The summed E-state index contributed by atoms with van der Waals surface area (Å²) in [6, 6.07) is 3.06. The van der Waals surface area contributed by atoms with E-state index >= 15 is 0 Å². The lowest BCUT2D eigenvalue weighted by Gasteiger charge is -2.39. The minimum absolute atomic E-state index is 0.303. The Kier molecular flexibility index (Phi) is 5.10. The lowest BCUT2D eigenvalue weighted by molar-refractivity contribution is 0.0865. The van der Waals surface area contributed by atoms with Gasteiger partial charge in [-0.1, -0.05) is 5.16 Å². The van der Waals surface area contributed by atoms with Gasteiger partial charge in [-0.3, -0.25) is 9.80 Å². The Balaban J connectivity index is 1.89. The zero-order valence-electron chi connectivity index (χ0n) is 12.5. The summed E-state index contributed by atoms with van der Waals surface area (Å²) in [7, 11) is 2.12. The summed E-state index contributed by atoms with van der Waals surface area (Å²) >= 11 is 0. The zero-order valence-corrected chi connectivity index (χ0v) is 12.5. The lowest BCUT2D eigenvalue weighted by Crippen LogP contribution is -2.49. The Morgan fingerprint density at radius 3 is 3.05 bits per heavy atom. The van der Waals surface area contributed by atoms with E-state index in [0.717, 1.165) is 25.5 Å². The number of aromatic nitrogens is 2. The number of likely N-dealkylation sites (tertiary alicyclic amines) is 1. The maximum atomic E-state index is 8.82. The Morgan fingerprint density at radius 2 is 2.40 bits per heavy atom. The van der Waals surface area contributed by atoms with E-state index in [1.165, 1.54) is 12.8 Å². The average molecular weight is 277 g/mol. The van der Waals surface area contributed by atoms with Crippen molar-refractivity contribution in [2.75, 3.05) is 20.1 Å². The molecule has 20 heavy (non-hydrogen) atoms. The van der Waals surface area contributed by atoms with Crippen LogP contribution in [0.1, 0.15) is 37.9 Å². The molecule has 1 aromatic heterocycles. The molecule has 0 spiro atoms. The molecule has 0 aromatic carbocycles. The minimum atomic E-state index is 0.303. The molecule has 1 aromatic rings. The predicted octanol–water partition coefficient (Wildman–Crippen LogP) is 1.58. The van der Waals surface area contributed by atoms with Crippen LogP contribution in [0.3, 0.4) is 0 Å². The molecule has 1 aliphatic heterocycles. The Labute approximate surface area is 120 Å². The second kappa shape index (κ2) is 6.82. The van der Waals surface area contributed by atoms with E-state index < -0.39 is 0 Å². The van der Waals surface area contributed by atoms with Crippen LogP contribution in [0.25, 0.3) is 0 Å². The molecule has 1 saturated heterocycles. The maximum absolute atomic E-state index is 8.82.